The van der Waals surface area contributed by atoms with Gasteiger partial charge in [-0.15, -0.1) is 0 Å². The summed E-state index contributed by atoms with van der Waals surface area (Å²) in [7, 11) is 0. The number of carboxylic acids is 1. The number of ketones is 2. The van der Waals surface area contributed by atoms with E-state index >= 15 is 0 Å². The van der Waals surface area contributed by atoms with Crippen LogP contribution in [-0.2, 0) is 23.9 Å². The van der Waals surface area contributed by atoms with Gasteiger partial charge in [0.25, 0.3) is 0 Å². The van der Waals surface area contributed by atoms with E-state index < -0.39 is 32.7 Å². The van der Waals surface area contributed by atoms with Crippen molar-refractivity contribution in [1.29, 1.82) is 0 Å². The molecular formula is C10H12BrClO6. The number of aliphatic carboxylic acids is 1. The van der Waals surface area contributed by atoms with Crippen molar-refractivity contribution in [3.63, 3.8) is 0 Å². The number of alkyl halides is 2. The minimum atomic E-state index is -2.65. The molecule has 0 aromatic rings. The third-order valence-electron chi connectivity index (χ3n) is 2.30. The zero-order valence-corrected chi connectivity index (χ0v) is 12.3. The Morgan fingerprint density at radius 1 is 1.22 bits per heavy atom. The van der Waals surface area contributed by atoms with Crippen LogP contribution in [0.4, 0.5) is 0 Å². The van der Waals surface area contributed by atoms with Crippen LogP contribution in [0.3, 0.4) is 0 Å². The number of hydrogen-bond acceptors (Lipinski definition) is 5. The molecule has 0 amide bonds. The lowest BCUT2D eigenvalue weighted by molar-refractivity contribution is -0.158. The summed E-state index contributed by atoms with van der Waals surface area (Å²) in [5.74, 6) is -5.02. The molecule has 0 bridgehead atoms. The Morgan fingerprint density at radius 3 is 1.89 bits per heavy atom. The van der Waals surface area contributed by atoms with Gasteiger partial charge in [0.05, 0.1) is 6.61 Å². The largest absolute Gasteiger partial charge is 0.480 e. The maximum Gasteiger partial charge on any atom is 0.337 e. The average molecular weight is 344 g/mol. The number of carboxylic acid groups (broad SMARTS) is 1. The predicted molar refractivity (Wildman–Crippen MR) is 65.9 cm³/mol. The SMILES string of the molecule is CCOC(=O)C(Cl)(C(C)=O)C(Br)(C(C)=O)C(=O)O. The predicted octanol–water partition coefficient (Wildman–Crippen LogP) is 0.923. The highest BCUT2D eigenvalue weighted by Crippen LogP contribution is 2.40. The second-order valence-electron chi connectivity index (χ2n) is 3.45. The van der Waals surface area contributed by atoms with Crippen molar-refractivity contribution < 1.29 is 29.0 Å². The van der Waals surface area contributed by atoms with Gasteiger partial charge in [-0.1, -0.05) is 27.5 Å². The molecule has 18 heavy (non-hydrogen) atoms. The van der Waals surface area contributed by atoms with E-state index in [1.165, 1.54) is 6.92 Å². The van der Waals surface area contributed by atoms with Crippen LogP contribution in [0.25, 0.3) is 0 Å². The van der Waals surface area contributed by atoms with Gasteiger partial charge in [-0.3, -0.25) is 14.4 Å². The summed E-state index contributed by atoms with van der Waals surface area (Å²) in [6.07, 6.45) is 0. The molecule has 6 nitrogen and oxygen atoms in total. The molecule has 0 rings (SSSR count). The van der Waals surface area contributed by atoms with E-state index in [1.807, 2.05) is 0 Å². The highest BCUT2D eigenvalue weighted by atomic mass is 79.9. The fraction of sp³-hybridized carbons (Fsp3) is 0.600. The van der Waals surface area contributed by atoms with E-state index in [4.69, 9.17) is 16.7 Å². The van der Waals surface area contributed by atoms with E-state index in [1.54, 1.807) is 0 Å². The summed E-state index contributed by atoms with van der Waals surface area (Å²) >= 11 is 8.43. The third kappa shape index (κ3) is 2.42. The Bertz CT molecular complexity index is 393. The lowest BCUT2D eigenvalue weighted by Gasteiger charge is -2.33. The number of hydrogen-bond donors (Lipinski definition) is 1. The number of halogens is 2. The van der Waals surface area contributed by atoms with Crippen LogP contribution in [0.15, 0.2) is 0 Å². The Hall–Kier alpha value is -0.950. The van der Waals surface area contributed by atoms with Crippen LogP contribution >= 0.6 is 27.5 Å². The highest BCUT2D eigenvalue weighted by molar-refractivity contribution is 9.10. The molecule has 0 aliphatic heterocycles. The zero-order chi connectivity index (χ0) is 14.7. The Balaban J connectivity index is 6.02. The molecule has 0 aromatic carbocycles. The Labute approximate surface area is 117 Å². The van der Waals surface area contributed by atoms with Gasteiger partial charge in [0, 0.05) is 0 Å². The number of carbonyl (C=O) groups excluding carboxylic acids is 3. The summed E-state index contributed by atoms with van der Waals surface area (Å²) in [6.45, 7) is 3.16. The standard InChI is InChI=1S/C10H12BrClO6/c1-4-18-8(17)10(12,6(3)14)9(11,5(2)13)7(15)16/h4H2,1-3H3,(H,15,16). The van der Waals surface area contributed by atoms with Gasteiger partial charge in [0.2, 0.25) is 9.20 Å². The first-order chi connectivity index (χ1) is 8.06. The van der Waals surface area contributed by atoms with Gasteiger partial charge >= 0.3 is 11.9 Å². The highest BCUT2D eigenvalue weighted by Gasteiger charge is 2.66. The van der Waals surface area contributed by atoms with Crippen LogP contribution in [0.5, 0.6) is 0 Å². The number of rotatable bonds is 6. The fourth-order valence-corrected chi connectivity index (χ4v) is 2.01. The molecule has 0 radical (unpaired) electrons. The molecule has 2 unspecified atom stereocenters. The Kier molecular flexibility index (Phi) is 5.49. The first-order valence-corrected chi connectivity index (χ1v) is 6.04. The molecule has 0 aromatic heterocycles. The molecule has 0 saturated heterocycles. The molecule has 0 aliphatic rings. The third-order valence-corrected chi connectivity index (χ3v) is 4.72. The van der Waals surface area contributed by atoms with Crippen molar-refractivity contribution >= 4 is 51.0 Å². The molecule has 0 spiro atoms. The van der Waals surface area contributed by atoms with Crippen molar-refractivity contribution in [2.45, 2.75) is 30.0 Å². The summed E-state index contributed by atoms with van der Waals surface area (Å²) in [4.78, 5) is 43.4. The van der Waals surface area contributed by atoms with Gasteiger partial charge in [0.1, 0.15) is 0 Å². The Morgan fingerprint density at radius 2 is 1.67 bits per heavy atom. The van der Waals surface area contributed by atoms with Gasteiger partial charge < -0.3 is 9.84 Å². The minimum absolute atomic E-state index is 0.110. The van der Waals surface area contributed by atoms with Crippen LogP contribution in [-0.4, -0.2) is 44.4 Å². The zero-order valence-electron chi connectivity index (χ0n) is 9.95. The minimum Gasteiger partial charge on any atom is -0.480 e. The van der Waals surface area contributed by atoms with Crippen LogP contribution in [0, 0.1) is 0 Å². The first kappa shape index (κ1) is 17.1. The molecule has 8 heteroatoms. The average Bonchev–Trinajstić information content (AvgIpc) is 2.25. The van der Waals surface area contributed by atoms with Crippen molar-refractivity contribution in [2.24, 2.45) is 0 Å². The first-order valence-electron chi connectivity index (χ1n) is 4.87. The second kappa shape index (κ2) is 5.79. The fourth-order valence-electron chi connectivity index (χ4n) is 1.30. The monoisotopic (exact) mass is 342 g/mol. The quantitative estimate of drug-likeness (QED) is 0.437. The van der Waals surface area contributed by atoms with Crippen molar-refractivity contribution in [3.05, 3.63) is 0 Å². The number of ether oxygens (including phenoxy) is 1. The summed E-state index contributed by atoms with van der Waals surface area (Å²) in [5.41, 5.74) is 0. The summed E-state index contributed by atoms with van der Waals surface area (Å²) in [6, 6.07) is 0. The molecule has 0 heterocycles. The normalized spacial score (nSPS) is 17.2. The molecule has 0 aliphatic carbocycles. The van der Waals surface area contributed by atoms with Crippen LogP contribution in [0.2, 0.25) is 0 Å². The van der Waals surface area contributed by atoms with Gasteiger partial charge in [-0.05, 0) is 20.8 Å². The van der Waals surface area contributed by atoms with Crippen molar-refractivity contribution in [2.75, 3.05) is 6.61 Å². The molecule has 0 saturated carbocycles. The summed E-state index contributed by atoms with van der Waals surface area (Å²) < 4.78 is 2.01. The number of carbonyl (C=O) groups is 4. The van der Waals surface area contributed by atoms with E-state index in [2.05, 4.69) is 20.7 Å². The van der Waals surface area contributed by atoms with Crippen LogP contribution < -0.4 is 0 Å². The van der Waals surface area contributed by atoms with E-state index in [0.29, 0.717) is 0 Å². The smallest absolute Gasteiger partial charge is 0.337 e. The maximum atomic E-state index is 11.7. The second-order valence-corrected chi connectivity index (χ2v) is 5.21. The topological polar surface area (TPSA) is 97.7 Å². The molecule has 2 atom stereocenters. The molecule has 0 fully saturated rings. The van der Waals surface area contributed by atoms with Crippen molar-refractivity contribution in [1.82, 2.24) is 0 Å². The number of Topliss-reactive ketones (excluding diaryl/α,β-unsaturated/α-hetero) is 2. The van der Waals surface area contributed by atoms with Gasteiger partial charge in [0.15, 0.2) is 11.6 Å². The lowest BCUT2D eigenvalue weighted by atomic mass is 9.85. The lowest BCUT2D eigenvalue weighted by Crippen LogP contribution is -2.64. The molecular weight excluding hydrogens is 331 g/mol. The number of esters is 1. The molecule has 102 valence electrons. The van der Waals surface area contributed by atoms with Crippen LogP contribution in [0.1, 0.15) is 20.8 Å². The molecule has 1 N–H and O–H groups in total. The van der Waals surface area contributed by atoms with Gasteiger partial charge in [-0.2, -0.15) is 0 Å². The summed E-state index contributed by atoms with van der Waals surface area (Å²) in [5, 5.41) is 9.09. The van der Waals surface area contributed by atoms with Gasteiger partial charge in [-0.25, -0.2) is 4.79 Å². The van der Waals surface area contributed by atoms with E-state index in [-0.39, 0.29) is 6.61 Å². The van der Waals surface area contributed by atoms with E-state index in [9.17, 15) is 19.2 Å². The maximum absolute atomic E-state index is 11.7. The van der Waals surface area contributed by atoms with Crippen molar-refractivity contribution in [3.8, 4) is 0 Å². The van der Waals surface area contributed by atoms with E-state index in [0.717, 1.165) is 13.8 Å².